The van der Waals surface area contributed by atoms with E-state index >= 15 is 0 Å². The van der Waals surface area contributed by atoms with Gasteiger partial charge in [-0.1, -0.05) is 66.2 Å². The minimum Gasteiger partial charge on any atom is -0.294 e. The Morgan fingerprint density at radius 2 is 1.61 bits per heavy atom. The normalized spacial score (nSPS) is 25.2. The number of Topliss-reactive ketones (excluding diaryl/α,β-unsaturated/α-hetero) is 2. The molecule has 3 nitrogen and oxygen atoms in total. The van der Waals surface area contributed by atoms with Crippen LogP contribution in [0, 0.1) is 11.3 Å². The van der Waals surface area contributed by atoms with E-state index in [1.54, 1.807) is 0 Å². The van der Waals surface area contributed by atoms with Crippen LogP contribution in [-0.4, -0.2) is 17.3 Å². The van der Waals surface area contributed by atoms with E-state index in [-0.39, 0.29) is 22.9 Å². The lowest BCUT2D eigenvalue weighted by molar-refractivity contribution is -0.118. The number of carbonyl (C=O) groups is 2. The Balaban J connectivity index is 1.76. The lowest BCUT2D eigenvalue weighted by atomic mass is 9.66. The molecule has 0 saturated heterocycles. The van der Waals surface area contributed by atoms with Gasteiger partial charge in [-0.05, 0) is 29.5 Å². The van der Waals surface area contributed by atoms with E-state index < -0.39 is 5.92 Å². The molecule has 1 aliphatic heterocycles. The van der Waals surface area contributed by atoms with Crippen molar-refractivity contribution < 1.29 is 9.59 Å². The van der Waals surface area contributed by atoms with E-state index in [1.165, 1.54) is 0 Å². The molecule has 2 aliphatic carbocycles. The average Bonchev–Trinajstić information content (AvgIpc) is 2.93. The van der Waals surface area contributed by atoms with Crippen LogP contribution < -0.4 is 0 Å². The fourth-order valence-corrected chi connectivity index (χ4v) is 5.18. The molecule has 0 bridgehead atoms. The third kappa shape index (κ3) is 2.58. The standard InChI is InChI=1S/C24H20BrNO2/c1-24(2)11-17-20(18(27)12-24)19(13-7-9-14(25)10-8-13)21-22(26-17)15-5-3-4-6-16(15)23(21)28/h3-10,19,21H,11-12H2,1-2H3/t19-,21+/m0/s1. The Morgan fingerprint density at radius 1 is 0.929 bits per heavy atom. The third-order valence-corrected chi connectivity index (χ3v) is 6.60. The molecule has 5 rings (SSSR count). The van der Waals surface area contributed by atoms with E-state index in [4.69, 9.17) is 4.99 Å². The highest BCUT2D eigenvalue weighted by Crippen LogP contribution is 2.51. The monoisotopic (exact) mass is 433 g/mol. The van der Waals surface area contributed by atoms with Crippen LogP contribution >= 0.6 is 15.9 Å². The molecule has 0 saturated carbocycles. The summed E-state index contributed by atoms with van der Waals surface area (Å²) in [5.74, 6) is -0.473. The predicted octanol–water partition coefficient (Wildman–Crippen LogP) is 5.49. The maximum atomic E-state index is 13.4. The van der Waals surface area contributed by atoms with Gasteiger partial charge in [0.1, 0.15) is 0 Å². The summed E-state index contributed by atoms with van der Waals surface area (Å²) in [6.07, 6.45) is 1.26. The Labute approximate surface area is 172 Å². The number of carbonyl (C=O) groups excluding carboxylic acids is 2. The number of nitrogens with zero attached hydrogens (tertiary/aromatic N) is 1. The van der Waals surface area contributed by atoms with Gasteiger partial charge in [-0.25, -0.2) is 0 Å². The Bertz CT molecular complexity index is 1090. The number of halogens is 1. The van der Waals surface area contributed by atoms with Gasteiger partial charge < -0.3 is 0 Å². The first-order valence-electron chi connectivity index (χ1n) is 9.60. The van der Waals surface area contributed by atoms with Crippen LogP contribution in [0.15, 0.2) is 69.3 Å². The molecule has 0 unspecified atom stereocenters. The third-order valence-electron chi connectivity index (χ3n) is 6.07. The van der Waals surface area contributed by atoms with Gasteiger partial charge >= 0.3 is 0 Å². The van der Waals surface area contributed by atoms with Crippen molar-refractivity contribution in [3.63, 3.8) is 0 Å². The van der Waals surface area contributed by atoms with Gasteiger partial charge in [0, 0.05) is 39.2 Å². The van der Waals surface area contributed by atoms with Gasteiger partial charge in [0.15, 0.2) is 11.6 Å². The molecule has 3 aliphatic rings. The van der Waals surface area contributed by atoms with Crippen LogP contribution in [0.1, 0.15) is 54.1 Å². The highest BCUT2D eigenvalue weighted by molar-refractivity contribution is 9.10. The van der Waals surface area contributed by atoms with Crippen LogP contribution in [0.3, 0.4) is 0 Å². The number of hydrogen-bond donors (Lipinski definition) is 0. The zero-order chi connectivity index (χ0) is 19.6. The molecule has 140 valence electrons. The highest BCUT2D eigenvalue weighted by Gasteiger charge is 2.50. The number of aliphatic imine (C=N–C) groups is 1. The van der Waals surface area contributed by atoms with Crippen molar-refractivity contribution in [3.05, 3.63) is 81.0 Å². The van der Waals surface area contributed by atoms with Crippen molar-refractivity contribution in [3.8, 4) is 0 Å². The molecule has 1 heterocycles. The second kappa shape index (κ2) is 6.08. The lowest BCUT2D eigenvalue weighted by Crippen LogP contribution is -2.37. The summed E-state index contributed by atoms with van der Waals surface area (Å²) >= 11 is 3.49. The summed E-state index contributed by atoms with van der Waals surface area (Å²) in [6.45, 7) is 4.23. The summed E-state index contributed by atoms with van der Waals surface area (Å²) < 4.78 is 0.979. The maximum absolute atomic E-state index is 13.4. The molecular formula is C24H20BrNO2. The van der Waals surface area contributed by atoms with Gasteiger partial charge in [0.25, 0.3) is 0 Å². The summed E-state index contributed by atoms with van der Waals surface area (Å²) in [6, 6.07) is 15.7. The molecule has 0 fully saturated rings. The van der Waals surface area contributed by atoms with Crippen LogP contribution in [0.5, 0.6) is 0 Å². The molecular weight excluding hydrogens is 414 g/mol. The first kappa shape index (κ1) is 17.7. The van der Waals surface area contributed by atoms with Gasteiger partial charge in [0.2, 0.25) is 0 Å². The van der Waals surface area contributed by atoms with Crippen molar-refractivity contribution in [2.24, 2.45) is 16.3 Å². The van der Waals surface area contributed by atoms with Crippen molar-refractivity contribution in [2.45, 2.75) is 32.6 Å². The fraction of sp³-hybridized carbons (Fsp3) is 0.292. The summed E-state index contributed by atoms with van der Waals surface area (Å²) in [5, 5.41) is 0. The van der Waals surface area contributed by atoms with Crippen molar-refractivity contribution >= 4 is 33.2 Å². The Kier molecular flexibility index (Phi) is 3.86. The van der Waals surface area contributed by atoms with Gasteiger partial charge in [0.05, 0.1) is 11.6 Å². The highest BCUT2D eigenvalue weighted by atomic mass is 79.9. The van der Waals surface area contributed by atoms with Crippen molar-refractivity contribution in [2.75, 3.05) is 0 Å². The van der Waals surface area contributed by atoms with Crippen LogP contribution in [0.25, 0.3) is 0 Å². The minimum atomic E-state index is -0.414. The molecule has 28 heavy (non-hydrogen) atoms. The van der Waals surface area contributed by atoms with E-state index in [2.05, 4.69) is 29.8 Å². The Morgan fingerprint density at radius 3 is 2.32 bits per heavy atom. The number of rotatable bonds is 1. The lowest BCUT2D eigenvalue weighted by Gasteiger charge is -2.38. The van der Waals surface area contributed by atoms with E-state index in [1.807, 2.05) is 48.5 Å². The molecule has 0 radical (unpaired) electrons. The van der Waals surface area contributed by atoms with Gasteiger partial charge in [-0.15, -0.1) is 0 Å². The number of ketones is 2. The first-order chi connectivity index (χ1) is 13.4. The number of hydrogen-bond acceptors (Lipinski definition) is 3. The van der Waals surface area contributed by atoms with E-state index in [0.29, 0.717) is 6.42 Å². The number of fused-ring (bicyclic) bond motifs is 3. The van der Waals surface area contributed by atoms with Crippen LogP contribution in [-0.2, 0) is 4.79 Å². The second-order valence-electron chi connectivity index (χ2n) is 8.72. The SMILES string of the molecule is CC1(C)CC(=O)C2=C(C1)N=C1c3ccccc3C(=O)[C@@H]1[C@H]2c1ccc(Br)cc1. The molecule has 2 aromatic carbocycles. The minimum absolute atomic E-state index is 0.0754. The molecule has 0 N–H and O–H groups in total. The second-order valence-corrected chi connectivity index (χ2v) is 9.63. The topological polar surface area (TPSA) is 46.5 Å². The van der Waals surface area contributed by atoms with Gasteiger partial charge in [-0.2, -0.15) is 0 Å². The number of benzene rings is 2. The summed E-state index contributed by atoms with van der Waals surface area (Å²) in [5.41, 5.74) is 4.97. The smallest absolute Gasteiger partial charge is 0.173 e. The van der Waals surface area contributed by atoms with Crippen molar-refractivity contribution in [1.82, 2.24) is 0 Å². The molecule has 4 heteroatoms. The summed E-state index contributed by atoms with van der Waals surface area (Å²) in [4.78, 5) is 31.5. The Hall–Kier alpha value is -2.33. The van der Waals surface area contributed by atoms with Crippen molar-refractivity contribution in [1.29, 1.82) is 0 Å². The largest absolute Gasteiger partial charge is 0.294 e. The number of allylic oxidation sites excluding steroid dienone is 2. The summed E-state index contributed by atoms with van der Waals surface area (Å²) in [7, 11) is 0. The van der Waals surface area contributed by atoms with E-state index in [9.17, 15) is 9.59 Å². The zero-order valence-corrected chi connectivity index (χ0v) is 17.4. The quantitative estimate of drug-likeness (QED) is 0.596. The average molecular weight is 434 g/mol. The fourth-order valence-electron chi connectivity index (χ4n) is 4.92. The maximum Gasteiger partial charge on any atom is 0.173 e. The zero-order valence-electron chi connectivity index (χ0n) is 15.8. The van der Waals surface area contributed by atoms with Crippen LogP contribution in [0.2, 0.25) is 0 Å². The van der Waals surface area contributed by atoms with Crippen LogP contribution in [0.4, 0.5) is 0 Å². The molecule has 0 aromatic heterocycles. The molecule has 2 aromatic rings. The first-order valence-corrected chi connectivity index (χ1v) is 10.4. The molecule has 0 amide bonds. The molecule has 2 atom stereocenters. The van der Waals surface area contributed by atoms with E-state index in [0.717, 1.165) is 44.6 Å². The van der Waals surface area contributed by atoms with Gasteiger partial charge in [-0.3, -0.25) is 14.6 Å². The molecule has 0 spiro atoms. The predicted molar refractivity (Wildman–Crippen MR) is 113 cm³/mol.